The highest BCUT2D eigenvalue weighted by Gasteiger charge is 2.24. The van der Waals surface area contributed by atoms with Gasteiger partial charge in [-0.15, -0.1) is 0 Å². The van der Waals surface area contributed by atoms with Crippen LogP contribution >= 0.6 is 11.6 Å². The number of methoxy groups -OCH3 is 1. The minimum absolute atomic E-state index is 0.242. The van der Waals surface area contributed by atoms with Crippen molar-refractivity contribution >= 4 is 23.5 Å². The van der Waals surface area contributed by atoms with Crippen LogP contribution in [0.3, 0.4) is 0 Å². The van der Waals surface area contributed by atoms with Crippen LogP contribution in [0.15, 0.2) is 12.3 Å². The molecule has 0 aliphatic carbocycles. The number of esters is 1. The van der Waals surface area contributed by atoms with E-state index in [9.17, 15) is 9.59 Å². The van der Waals surface area contributed by atoms with Gasteiger partial charge in [-0.2, -0.15) is 0 Å². The molecule has 0 radical (unpaired) electrons. The molecule has 0 bridgehead atoms. The molecular weight excluding hydrogens is 280 g/mol. The number of pyridine rings is 1. The lowest BCUT2D eigenvalue weighted by molar-refractivity contribution is -0.143. The standard InChI is InChI=1S/C14H19ClN2O3/c1-8(2)5-12(14(19)20-4)17-13(18)10-7-16-9(3)6-11(10)15/h6-8,12H,5H2,1-4H3,(H,17,18). The number of halogens is 1. The number of rotatable bonds is 5. The van der Waals surface area contributed by atoms with Crippen molar-refractivity contribution in [2.75, 3.05) is 7.11 Å². The van der Waals surface area contributed by atoms with Crippen LogP contribution in [-0.4, -0.2) is 30.0 Å². The van der Waals surface area contributed by atoms with E-state index in [2.05, 4.69) is 10.3 Å². The number of nitrogens with one attached hydrogen (secondary N) is 1. The number of aromatic nitrogens is 1. The SMILES string of the molecule is COC(=O)C(CC(C)C)NC(=O)c1cnc(C)cc1Cl. The summed E-state index contributed by atoms with van der Waals surface area (Å²) in [4.78, 5) is 27.8. The normalized spacial score (nSPS) is 12.1. The highest BCUT2D eigenvalue weighted by Crippen LogP contribution is 2.16. The molecule has 20 heavy (non-hydrogen) atoms. The Bertz CT molecular complexity index is 503. The summed E-state index contributed by atoms with van der Waals surface area (Å²) in [6.07, 6.45) is 1.89. The first-order valence-corrected chi connectivity index (χ1v) is 6.73. The average Bonchev–Trinajstić information content (AvgIpc) is 2.36. The second-order valence-corrected chi connectivity index (χ2v) is 5.39. The zero-order valence-corrected chi connectivity index (χ0v) is 12.8. The van der Waals surface area contributed by atoms with E-state index in [1.54, 1.807) is 13.0 Å². The predicted molar refractivity (Wildman–Crippen MR) is 76.7 cm³/mol. The van der Waals surface area contributed by atoms with Crippen molar-refractivity contribution in [2.24, 2.45) is 5.92 Å². The molecule has 0 spiro atoms. The van der Waals surface area contributed by atoms with Gasteiger partial charge in [0.05, 0.1) is 17.7 Å². The van der Waals surface area contributed by atoms with Crippen molar-refractivity contribution < 1.29 is 14.3 Å². The van der Waals surface area contributed by atoms with Gasteiger partial charge in [0.1, 0.15) is 6.04 Å². The number of aryl methyl sites for hydroxylation is 1. The number of amides is 1. The Hall–Kier alpha value is -1.62. The van der Waals surface area contributed by atoms with E-state index in [-0.39, 0.29) is 11.5 Å². The van der Waals surface area contributed by atoms with Gasteiger partial charge in [0.25, 0.3) is 5.91 Å². The second-order valence-electron chi connectivity index (χ2n) is 4.98. The topological polar surface area (TPSA) is 68.3 Å². The zero-order chi connectivity index (χ0) is 15.3. The molecule has 1 unspecified atom stereocenters. The first-order valence-electron chi connectivity index (χ1n) is 6.36. The summed E-state index contributed by atoms with van der Waals surface area (Å²) in [6.45, 7) is 5.70. The van der Waals surface area contributed by atoms with Crippen LogP contribution in [0.4, 0.5) is 0 Å². The Balaban J connectivity index is 2.87. The fraction of sp³-hybridized carbons (Fsp3) is 0.500. The number of ether oxygens (including phenoxy) is 1. The lowest BCUT2D eigenvalue weighted by Crippen LogP contribution is -2.42. The molecule has 110 valence electrons. The zero-order valence-electron chi connectivity index (χ0n) is 12.1. The highest BCUT2D eigenvalue weighted by atomic mass is 35.5. The van der Waals surface area contributed by atoms with E-state index in [0.29, 0.717) is 11.4 Å². The molecule has 1 heterocycles. The van der Waals surface area contributed by atoms with E-state index >= 15 is 0 Å². The summed E-state index contributed by atoms with van der Waals surface area (Å²) in [5.74, 6) is -0.659. The van der Waals surface area contributed by atoms with Crippen LogP contribution in [0.2, 0.25) is 5.02 Å². The molecule has 1 atom stereocenters. The summed E-state index contributed by atoms with van der Waals surface area (Å²) in [5, 5.41) is 2.95. The van der Waals surface area contributed by atoms with E-state index in [4.69, 9.17) is 16.3 Å². The number of hydrogen-bond donors (Lipinski definition) is 1. The Kier molecular flexibility index (Phi) is 5.95. The van der Waals surface area contributed by atoms with E-state index in [0.717, 1.165) is 5.69 Å². The van der Waals surface area contributed by atoms with Crippen LogP contribution in [0.5, 0.6) is 0 Å². The third-order valence-corrected chi connectivity index (χ3v) is 3.05. The minimum Gasteiger partial charge on any atom is -0.467 e. The summed E-state index contributed by atoms with van der Waals surface area (Å²) in [6, 6.07) is 0.913. The van der Waals surface area contributed by atoms with Crippen LogP contribution in [0.25, 0.3) is 0 Å². The summed E-state index contributed by atoms with van der Waals surface area (Å²) >= 11 is 6.01. The van der Waals surface area contributed by atoms with Gasteiger partial charge < -0.3 is 10.1 Å². The maximum atomic E-state index is 12.1. The van der Waals surface area contributed by atoms with Gasteiger partial charge in [0, 0.05) is 11.9 Å². The molecular formula is C14H19ClN2O3. The molecule has 0 saturated heterocycles. The van der Waals surface area contributed by atoms with Crippen molar-refractivity contribution in [1.29, 1.82) is 0 Å². The smallest absolute Gasteiger partial charge is 0.328 e. The minimum atomic E-state index is -0.690. The van der Waals surface area contributed by atoms with Crippen LogP contribution < -0.4 is 5.32 Å². The maximum absolute atomic E-state index is 12.1. The summed E-state index contributed by atoms with van der Waals surface area (Å²) in [5.41, 5.74) is 0.966. The molecule has 0 aliphatic rings. The molecule has 0 saturated carbocycles. The van der Waals surface area contributed by atoms with Gasteiger partial charge in [-0.1, -0.05) is 25.4 Å². The Labute approximate surface area is 123 Å². The summed E-state index contributed by atoms with van der Waals surface area (Å²) < 4.78 is 4.70. The molecule has 0 fully saturated rings. The number of carbonyl (C=O) groups excluding carboxylic acids is 2. The molecule has 1 amide bonds. The van der Waals surface area contributed by atoms with Gasteiger partial charge in [-0.3, -0.25) is 9.78 Å². The number of hydrogen-bond acceptors (Lipinski definition) is 4. The predicted octanol–water partition coefficient (Wildman–Crippen LogP) is 2.36. The fourth-order valence-corrected chi connectivity index (χ4v) is 2.05. The number of carbonyl (C=O) groups is 2. The fourth-order valence-electron chi connectivity index (χ4n) is 1.76. The van der Waals surface area contributed by atoms with E-state index in [1.807, 2.05) is 13.8 Å². The monoisotopic (exact) mass is 298 g/mol. The van der Waals surface area contributed by atoms with Crippen molar-refractivity contribution in [3.63, 3.8) is 0 Å². The third kappa shape index (κ3) is 4.49. The average molecular weight is 299 g/mol. The lowest BCUT2D eigenvalue weighted by Gasteiger charge is -2.18. The molecule has 0 aromatic carbocycles. The molecule has 1 rings (SSSR count). The molecule has 6 heteroatoms. The third-order valence-electron chi connectivity index (χ3n) is 2.73. The van der Waals surface area contributed by atoms with E-state index < -0.39 is 17.9 Å². The quantitative estimate of drug-likeness (QED) is 0.847. The van der Waals surface area contributed by atoms with Crippen LogP contribution in [-0.2, 0) is 9.53 Å². The Morgan fingerprint density at radius 1 is 1.45 bits per heavy atom. The van der Waals surface area contributed by atoms with Gasteiger partial charge in [0.2, 0.25) is 0 Å². The maximum Gasteiger partial charge on any atom is 0.328 e. The highest BCUT2D eigenvalue weighted by molar-refractivity contribution is 6.33. The molecule has 0 aliphatic heterocycles. The van der Waals surface area contributed by atoms with Crippen molar-refractivity contribution in [3.8, 4) is 0 Å². The first-order chi connectivity index (χ1) is 9.35. The van der Waals surface area contributed by atoms with E-state index in [1.165, 1.54) is 13.3 Å². The van der Waals surface area contributed by atoms with Crippen molar-refractivity contribution in [3.05, 3.63) is 28.5 Å². The summed E-state index contributed by atoms with van der Waals surface area (Å²) in [7, 11) is 1.29. The van der Waals surface area contributed by atoms with Gasteiger partial charge in [-0.05, 0) is 25.3 Å². The molecule has 1 N–H and O–H groups in total. The van der Waals surface area contributed by atoms with Crippen molar-refractivity contribution in [1.82, 2.24) is 10.3 Å². The molecule has 5 nitrogen and oxygen atoms in total. The first kappa shape index (κ1) is 16.4. The van der Waals surface area contributed by atoms with Gasteiger partial charge >= 0.3 is 5.97 Å². The Morgan fingerprint density at radius 3 is 2.60 bits per heavy atom. The van der Waals surface area contributed by atoms with Gasteiger partial charge in [0.15, 0.2) is 0 Å². The van der Waals surface area contributed by atoms with Crippen LogP contribution in [0.1, 0.15) is 36.3 Å². The van der Waals surface area contributed by atoms with Crippen molar-refractivity contribution in [2.45, 2.75) is 33.2 Å². The van der Waals surface area contributed by atoms with Gasteiger partial charge in [-0.25, -0.2) is 4.79 Å². The lowest BCUT2D eigenvalue weighted by atomic mass is 10.0. The number of nitrogens with zero attached hydrogens (tertiary/aromatic N) is 1. The van der Waals surface area contributed by atoms with Crippen LogP contribution in [0, 0.1) is 12.8 Å². The molecule has 1 aromatic rings. The Morgan fingerprint density at radius 2 is 2.10 bits per heavy atom. The second kappa shape index (κ2) is 7.24. The molecule has 1 aromatic heterocycles. The largest absolute Gasteiger partial charge is 0.467 e.